The van der Waals surface area contributed by atoms with Crippen molar-refractivity contribution < 1.29 is 0 Å². The number of nitrogens with zero attached hydrogens (tertiary/aromatic N) is 2. The maximum atomic E-state index is 6.26. The van der Waals surface area contributed by atoms with Gasteiger partial charge in [0.2, 0.25) is 0 Å². The van der Waals surface area contributed by atoms with E-state index in [9.17, 15) is 0 Å². The van der Waals surface area contributed by atoms with Gasteiger partial charge in [0, 0.05) is 29.6 Å². The van der Waals surface area contributed by atoms with Crippen molar-refractivity contribution >= 4 is 22.9 Å². The second-order valence-electron chi connectivity index (χ2n) is 4.50. The lowest BCUT2D eigenvalue weighted by molar-refractivity contribution is 0.590. The van der Waals surface area contributed by atoms with E-state index in [2.05, 4.69) is 23.5 Å². The monoisotopic (exact) mass is 283 g/mol. The van der Waals surface area contributed by atoms with Crippen LogP contribution in [-0.2, 0) is 13.0 Å². The molecule has 0 spiro atoms. The zero-order valence-electron chi connectivity index (χ0n) is 10.9. The highest BCUT2D eigenvalue weighted by Crippen LogP contribution is 2.32. The van der Waals surface area contributed by atoms with Crippen LogP contribution in [-0.4, -0.2) is 9.78 Å². The maximum Gasteiger partial charge on any atom is 0.0596 e. The molecular formula is C13H18ClN3S. The second kappa shape index (κ2) is 5.43. The summed E-state index contributed by atoms with van der Waals surface area (Å²) in [6, 6.07) is 2.04. The fraction of sp³-hybridized carbons (Fsp3) is 0.462. The highest BCUT2D eigenvalue weighted by Gasteiger charge is 2.17. The van der Waals surface area contributed by atoms with E-state index in [1.807, 2.05) is 18.5 Å². The highest BCUT2D eigenvalue weighted by atomic mass is 35.5. The van der Waals surface area contributed by atoms with Crippen molar-refractivity contribution in [2.75, 3.05) is 0 Å². The summed E-state index contributed by atoms with van der Waals surface area (Å²) >= 11 is 7.89. The van der Waals surface area contributed by atoms with Gasteiger partial charge in [-0.2, -0.15) is 5.10 Å². The predicted molar refractivity (Wildman–Crippen MR) is 77.3 cm³/mol. The van der Waals surface area contributed by atoms with Crippen molar-refractivity contribution in [3.05, 3.63) is 38.3 Å². The van der Waals surface area contributed by atoms with Gasteiger partial charge in [-0.1, -0.05) is 11.6 Å². The van der Waals surface area contributed by atoms with Gasteiger partial charge in [0.05, 0.1) is 10.7 Å². The molecule has 0 amide bonds. The Morgan fingerprint density at radius 3 is 2.78 bits per heavy atom. The summed E-state index contributed by atoms with van der Waals surface area (Å²) in [5.41, 5.74) is 9.57. The molecule has 0 aromatic carbocycles. The Bertz CT molecular complexity index is 544. The predicted octanol–water partition coefficient (Wildman–Crippen LogP) is 3.48. The average molecular weight is 284 g/mol. The molecule has 18 heavy (non-hydrogen) atoms. The minimum Gasteiger partial charge on any atom is -0.323 e. The van der Waals surface area contributed by atoms with Crippen molar-refractivity contribution in [3.8, 4) is 0 Å². The SMILES string of the molecule is CCn1nc(C)cc1CC(N)c1scc(C)c1Cl. The number of rotatable bonds is 4. The number of thiophene rings is 1. The summed E-state index contributed by atoms with van der Waals surface area (Å²) in [7, 11) is 0. The van der Waals surface area contributed by atoms with Crippen LogP contribution in [0.1, 0.15) is 34.8 Å². The maximum absolute atomic E-state index is 6.26. The third kappa shape index (κ3) is 2.60. The van der Waals surface area contributed by atoms with Gasteiger partial charge in [0.15, 0.2) is 0 Å². The van der Waals surface area contributed by atoms with E-state index in [1.165, 1.54) is 5.69 Å². The van der Waals surface area contributed by atoms with Gasteiger partial charge in [-0.25, -0.2) is 0 Å². The van der Waals surface area contributed by atoms with Crippen LogP contribution in [0.2, 0.25) is 5.02 Å². The quantitative estimate of drug-likeness (QED) is 0.934. The number of hydrogen-bond donors (Lipinski definition) is 1. The topological polar surface area (TPSA) is 43.8 Å². The molecule has 5 heteroatoms. The standard InChI is InChI=1S/C13H18ClN3S/c1-4-17-10(5-9(3)16-17)6-11(15)13-12(14)8(2)7-18-13/h5,7,11H,4,6,15H2,1-3H3. The average Bonchev–Trinajstić information content (AvgIpc) is 2.84. The van der Waals surface area contributed by atoms with Gasteiger partial charge in [-0.3, -0.25) is 4.68 Å². The van der Waals surface area contributed by atoms with Crippen molar-refractivity contribution in [1.82, 2.24) is 9.78 Å². The largest absolute Gasteiger partial charge is 0.323 e. The third-order valence-corrected chi connectivity index (χ3v) is 4.82. The Balaban J connectivity index is 2.20. The molecule has 0 fully saturated rings. The third-order valence-electron chi connectivity index (χ3n) is 2.98. The summed E-state index contributed by atoms with van der Waals surface area (Å²) < 4.78 is 2.00. The van der Waals surface area contributed by atoms with Crippen molar-refractivity contribution in [2.45, 2.75) is 39.8 Å². The van der Waals surface area contributed by atoms with Crippen molar-refractivity contribution in [1.29, 1.82) is 0 Å². The summed E-state index contributed by atoms with van der Waals surface area (Å²) in [6.45, 7) is 6.97. The fourth-order valence-electron chi connectivity index (χ4n) is 2.06. The molecule has 0 aliphatic rings. The van der Waals surface area contributed by atoms with Gasteiger partial charge in [-0.15, -0.1) is 11.3 Å². The Morgan fingerprint density at radius 2 is 2.22 bits per heavy atom. The Hall–Kier alpha value is -0.840. The Morgan fingerprint density at radius 1 is 1.50 bits per heavy atom. The molecule has 2 heterocycles. The van der Waals surface area contributed by atoms with Crippen LogP contribution >= 0.6 is 22.9 Å². The molecule has 0 saturated heterocycles. The first-order chi connectivity index (χ1) is 8.52. The Labute approximate surface area is 117 Å². The van der Waals surface area contributed by atoms with Gasteiger partial charge in [-0.05, 0) is 37.8 Å². The molecule has 1 unspecified atom stereocenters. The van der Waals surface area contributed by atoms with Crippen molar-refractivity contribution in [3.63, 3.8) is 0 Å². The number of nitrogens with two attached hydrogens (primary N) is 1. The molecule has 98 valence electrons. The normalized spacial score (nSPS) is 12.9. The zero-order valence-corrected chi connectivity index (χ0v) is 12.5. The van der Waals surface area contributed by atoms with E-state index in [0.29, 0.717) is 0 Å². The number of aryl methyl sites for hydroxylation is 3. The van der Waals surface area contributed by atoms with Gasteiger partial charge >= 0.3 is 0 Å². The molecule has 2 aromatic rings. The van der Waals surface area contributed by atoms with Crippen LogP contribution in [0.5, 0.6) is 0 Å². The van der Waals surface area contributed by atoms with Crippen LogP contribution in [0.4, 0.5) is 0 Å². The number of halogens is 1. The second-order valence-corrected chi connectivity index (χ2v) is 5.79. The van der Waals surface area contributed by atoms with E-state index in [1.54, 1.807) is 11.3 Å². The van der Waals surface area contributed by atoms with Crippen LogP contribution in [0, 0.1) is 13.8 Å². The molecule has 0 radical (unpaired) electrons. The summed E-state index contributed by atoms with van der Waals surface area (Å²) in [5, 5.41) is 7.30. The summed E-state index contributed by atoms with van der Waals surface area (Å²) in [4.78, 5) is 1.07. The van der Waals surface area contributed by atoms with Crippen molar-refractivity contribution in [2.24, 2.45) is 5.73 Å². The molecule has 0 bridgehead atoms. The van der Waals surface area contributed by atoms with E-state index >= 15 is 0 Å². The molecule has 0 aliphatic carbocycles. The summed E-state index contributed by atoms with van der Waals surface area (Å²) in [6.07, 6.45) is 0.772. The molecule has 0 saturated carbocycles. The lowest BCUT2D eigenvalue weighted by Gasteiger charge is -2.11. The lowest BCUT2D eigenvalue weighted by atomic mass is 10.1. The van der Waals surface area contributed by atoms with Crippen LogP contribution in [0.3, 0.4) is 0 Å². The molecule has 2 N–H and O–H groups in total. The first kappa shape index (κ1) is 13.6. The minimum absolute atomic E-state index is 0.0578. The van der Waals surface area contributed by atoms with Crippen LogP contribution in [0.15, 0.2) is 11.4 Å². The zero-order chi connectivity index (χ0) is 13.3. The fourth-order valence-corrected chi connectivity index (χ4v) is 3.39. The molecule has 2 aromatic heterocycles. The number of hydrogen-bond acceptors (Lipinski definition) is 3. The first-order valence-corrected chi connectivity index (χ1v) is 7.31. The molecule has 2 rings (SSSR count). The van der Waals surface area contributed by atoms with E-state index in [-0.39, 0.29) is 6.04 Å². The molecule has 0 aliphatic heterocycles. The smallest absolute Gasteiger partial charge is 0.0596 e. The molecule has 3 nitrogen and oxygen atoms in total. The van der Waals surface area contributed by atoms with Gasteiger partial charge < -0.3 is 5.73 Å². The minimum atomic E-state index is -0.0578. The van der Waals surface area contributed by atoms with E-state index in [0.717, 1.165) is 34.1 Å². The summed E-state index contributed by atoms with van der Waals surface area (Å²) in [5.74, 6) is 0. The number of aromatic nitrogens is 2. The van der Waals surface area contributed by atoms with E-state index < -0.39 is 0 Å². The van der Waals surface area contributed by atoms with Crippen LogP contribution in [0.25, 0.3) is 0 Å². The van der Waals surface area contributed by atoms with E-state index in [4.69, 9.17) is 17.3 Å². The van der Waals surface area contributed by atoms with Crippen LogP contribution < -0.4 is 5.73 Å². The Kier molecular flexibility index (Phi) is 4.10. The molecular weight excluding hydrogens is 266 g/mol. The van der Waals surface area contributed by atoms with Gasteiger partial charge in [0.1, 0.15) is 0 Å². The first-order valence-electron chi connectivity index (χ1n) is 6.05. The van der Waals surface area contributed by atoms with Gasteiger partial charge in [0.25, 0.3) is 0 Å². The highest BCUT2D eigenvalue weighted by molar-refractivity contribution is 7.10. The lowest BCUT2D eigenvalue weighted by Crippen LogP contribution is -2.15. The molecule has 1 atom stereocenters.